The number of carbonyl (C=O) groups is 1. The lowest BCUT2D eigenvalue weighted by atomic mass is 10.1. The van der Waals surface area contributed by atoms with E-state index in [1.807, 2.05) is 60.4 Å². The zero-order chi connectivity index (χ0) is 17.2. The van der Waals surface area contributed by atoms with Crippen molar-refractivity contribution in [3.63, 3.8) is 0 Å². The highest BCUT2D eigenvalue weighted by Crippen LogP contribution is 2.13. The maximum Gasteiger partial charge on any atom is 0.241 e. The third-order valence-electron chi connectivity index (χ3n) is 4.05. The highest BCUT2D eigenvalue weighted by atomic mass is 16.2. The molecule has 128 valence electrons. The topological polar surface area (TPSA) is 49.6 Å². The first-order valence-electron chi connectivity index (χ1n) is 8.56. The molecule has 2 aromatic rings. The van der Waals surface area contributed by atoms with E-state index in [0.717, 1.165) is 25.2 Å². The molecule has 2 rings (SSSR count). The van der Waals surface area contributed by atoms with E-state index in [1.165, 1.54) is 5.56 Å². The summed E-state index contributed by atoms with van der Waals surface area (Å²) in [5.74, 6) is 0.116. The Morgan fingerprint density at radius 2 is 1.58 bits per heavy atom. The first-order chi connectivity index (χ1) is 11.7. The van der Waals surface area contributed by atoms with Crippen molar-refractivity contribution in [2.24, 2.45) is 5.73 Å². The van der Waals surface area contributed by atoms with Crippen LogP contribution in [0.15, 0.2) is 60.7 Å². The molecule has 0 aliphatic heterocycles. The Morgan fingerprint density at radius 3 is 2.17 bits per heavy atom. The first kappa shape index (κ1) is 18.2. The number of hydrogen-bond donors (Lipinski definition) is 1. The summed E-state index contributed by atoms with van der Waals surface area (Å²) in [4.78, 5) is 16.7. The number of benzene rings is 2. The number of para-hydroxylation sites is 1. The fraction of sp³-hybridized carbons (Fsp3) is 0.350. The monoisotopic (exact) mass is 325 g/mol. The number of amides is 1. The summed E-state index contributed by atoms with van der Waals surface area (Å²) in [7, 11) is 0. The van der Waals surface area contributed by atoms with E-state index in [4.69, 9.17) is 5.73 Å². The molecule has 0 spiro atoms. The van der Waals surface area contributed by atoms with Gasteiger partial charge in [-0.15, -0.1) is 0 Å². The van der Waals surface area contributed by atoms with Gasteiger partial charge in [-0.2, -0.15) is 0 Å². The van der Waals surface area contributed by atoms with Gasteiger partial charge in [0, 0.05) is 31.9 Å². The van der Waals surface area contributed by atoms with E-state index in [-0.39, 0.29) is 5.91 Å². The number of nitrogens with zero attached hydrogens (tertiary/aromatic N) is 2. The number of hydrogen-bond acceptors (Lipinski definition) is 3. The zero-order valence-corrected chi connectivity index (χ0v) is 14.4. The molecule has 4 heteroatoms. The standard InChI is InChI=1S/C20H27N3O/c1-2-23(19-11-7-4-8-12-19)20(24)17-22(16-14-21)15-13-18-9-5-3-6-10-18/h3-12H,2,13-17,21H2,1H3. The average Bonchev–Trinajstić information content (AvgIpc) is 2.62. The van der Waals surface area contributed by atoms with Crippen molar-refractivity contribution in [2.45, 2.75) is 13.3 Å². The minimum absolute atomic E-state index is 0.116. The molecule has 0 saturated heterocycles. The van der Waals surface area contributed by atoms with Gasteiger partial charge in [0.05, 0.1) is 6.54 Å². The van der Waals surface area contributed by atoms with Crippen LogP contribution in [0.4, 0.5) is 5.69 Å². The van der Waals surface area contributed by atoms with Gasteiger partial charge < -0.3 is 10.6 Å². The quantitative estimate of drug-likeness (QED) is 0.771. The minimum atomic E-state index is 0.116. The van der Waals surface area contributed by atoms with Crippen LogP contribution in [0.3, 0.4) is 0 Å². The lowest BCUT2D eigenvalue weighted by Crippen LogP contribution is -2.42. The molecule has 0 bridgehead atoms. The summed E-state index contributed by atoms with van der Waals surface area (Å²) in [5, 5.41) is 0. The summed E-state index contributed by atoms with van der Waals surface area (Å²) < 4.78 is 0. The largest absolute Gasteiger partial charge is 0.329 e. The smallest absolute Gasteiger partial charge is 0.241 e. The highest BCUT2D eigenvalue weighted by Gasteiger charge is 2.17. The van der Waals surface area contributed by atoms with Crippen molar-refractivity contribution in [2.75, 3.05) is 37.6 Å². The Labute approximate surface area is 144 Å². The van der Waals surface area contributed by atoms with Crippen LogP contribution in [0.2, 0.25) is 0 Å². The molecule has 4 nitrogen and oxygen atoms in total. The summed E-state index contributed by atoms with van der Waals surface area (Å²) >= 11 is 0. The third kappa shape index (κ3) is 5.48. The molecule has 0 aliphatic carbocycles. The van der Waals surface area contributed by atoms with Crippen molar-refractivity contribution in [1.29, 1.82) is 0 Å². The SMILES string of the molecule is CCN(C(=O)CN(CCN)CCc1ccccc1)c1ccccc1. The molecule has 0 aliphatic rings. The first-order valence-corrected chi connectivity index (χ1v) is 8.56. The van der Waals surface area contributed by atoms with Gasteiger partial charge in [-0.1, -0.05) is 48.5 Å². The van der Waals surface area contributed by atoms with E-state index < -0.39 is 0 Å². The van der Waals surface area contributed by atoms with Crippen molar-refractivity contribution < 1.29 is 4.79 Å². The predicted octanol–water partition coefficient (Wildman–Crippen LogP) is 2.54. The summed E-state index contributed by atoms with van der Waals surface area (Å²) in [6, 6.07) is 20.2. The fourth-order valence-electron chi connectivity index (χ4n) is 2.77. The molecule has 1 amide bonds. The molecule has 0 saturated carbocycles. The second kappa shape index (κ2) is 9.85. The molecule has 2 N–H and O–H groups in total. The number of nitrogens with two attached hydrogens (primary N) is 1. The van der Waals surface area contributed by atoms with Gasteiger partial charge in [-0.3, -0.25) is 9.69 Å². The zero-order valence-electron chi connectivity index (χ0n) is 14.4. The Bertz CT molecular complexity index is 601. The Hall–Kier alpha value is -2.17. The van der Waals surface area contributed by atoms with Crippen LogP contribution >= 0.6 is 0 Å². The Morgan fingerprint density at radius 1 is 0.958 bits per heavy atom. The lowest BCUT2D eigenvalue weighted by Gasteiger charge is -2.26. The van der Waals surface area contributed by atoms with Crippen LogP contribution in [0.1, 0.15) is 12.5 Å². The van der Waals surface area contributed by atoms with Crippen molar-refractivity contribution in [3.05, 3.63) is 66.2 Å². The van der Waals surface area contributed by atoms with E-state index in [1.54, 1.807) is 0 Å². The molecule has 0 aromatic heterocycles. The summed E-state index contributed by atoms with van der Waals surface area (Å²) in [6.07, 6.45) is 0.922. The van der Waals surface area contributed by atoms with E-state index >= 15 is 0 Å². The van der Waals surface area contributed by atoms with Crippen molar-refractivity contribution >= 4 is 11.6 Å². The van der Waals surface area contributed by atoms with E-state index in [9.17, 15) is 4.79 Å². The van der Waals surface area contributed by atoms with Crippen LogP contribution in [0, 0.1) is 0 Å². The van der Waals surface area contributed by atoms with Crippen LogP contribution in [-0.2, 0) is 11.2 Å². The molecule has 0 atom stereocenters. The van der Waals surface area contributed by atoms with Crippen LogP contribution in [0.25, 0.3) is 0 Å². The Kier molecular flexibility index (Phi) is 7.46. The maximum atomic E-state index is 12.7. The molecule has 0 radical (unpaired) electrons. The van der Waals surface area contributed by atoms with E-state index in [2.05, 4.69) is 17.0 Å². The van der Waals surface area contributed by atoms with Gasteiger partial charge in [-0.05, 0) is 31.0 Å². The molecule has 0 heterocycles. The van der Waals surface area contributed by atoms with Crippen LogP contribution < -0.4 is 10.6 Å². The molecular formula is C20H27N3O. The average molecular weight is 325 g/mol. The molecule has 0 unspecified atom stereocenters. The van der Waals surface area contributed by atoms with E-state index in [0.29, 0.717) is 19.6 Å². The minimum Gasteiger partial charge on any atom is -0.329 e. The highest BCUT2D eigenvalue weighted by molar-refractivity contribution is 5.94. The molecule has 24 heavy (non-hydrogen) atoms. The molecule has 2 aromatic carbocycles. The second-order valence-electron chi connectivity index (χ2n) is 5.77. The van der Waals surface area contributed by atoms with Gasteiger partial charge in [0.2, 0.25) is 5.91 Å². The summed E-state index contributed by atoms with van der Waals surface area (Å²) in [6.45, 7) is 5.18. The Balaban J connectivity index is 1.96. The van der Waals surface area contributed by atoms with Gasteiger partial charge in [0.15, 0.2) is 0 Å². The second-order valence-corrected chi connectivity index (χ2v) is 5.77. The predicted molar refractivity (Wildman–Crippen MR) is 100 cm³/mol. The summed E-state index contributed by atoms with van der Waals surface area (Å²) in [5.41, 5.74) is 7.95. The number of anilines is 1. The van der Waals surface area contributed by atoms with Crippen molar-refractivity contribution in [3.8, 4) is 0 Å². The van der Waals surface area contributed by atoms with Gasteiger partial charge in [-0.25, -0.2) is 0 Å². The van der Waals surface area contributed by atoms with Crippen molar-refractivity contribution in [1.82, 2.24) is 4.90 Å². The third-order valence-corrected chi connectivity index (χ3v) is 4.05. The molecule has 0 fully saturated rings. The maximum absolute atomic E-state index is 12.7. The fourth-order valence-corrected chi connectivity index (χ4v) is 2.77. The lowest BCUT2D eigenvalue weighted by molar-refractivity contribution is -0.119. The van der Waals surface area contributed by atoms with Gasteiger partial charge in [0.25, 0.3) is 0 Å². The number of rotatable bonds is 9. The van der Waals surface area contributed by atoms with Gasteiger partial charge >= 0.3 is 0 Å². The normalized spacial score (nSPS) is 10.8. The number of carbonyl (C=O) groups excluding carboxylic acids is 1. The van der Waals surface area contributed by atoms with Crippen LogP contribution in [-0.4, -0.2) is 43.5 Å². The molecular weight excluding hydrogens is 298 g/mol. The number of likely N-dealkylation sites (N-methyl/N-ethyl adjacent to an activating group) is 1. The van der Waals surface area contributed by atoms with Crippen LogP contribution in [0.5, 0.6) is 0 Å². The van der Waals surface area contributed by atoms with Gasteiger partial charge in [0.1, 0.15) is 0 Å².